The zero-order chi connectivity index (χ0) is 19.7. The van der Waals surface area contributed by atoms with Crippen LogP contribution in [0.15, 0.2) is 60.9 Å². The first-order chi connectivity index (χ1) is 13.5. The molecule has 1 aliphatic rings. The monoisotopic (exact) mass is 376 g/mol. The average molecular weight is 376 g/mol. The van der Waals surface area contributed by atoms with Crippen molar-refractivity contribution in [3.05, 3.63) is 89.0 Å². The fraction of sp³-hybridized carbons (Fsp3) is 0.217. The standard InChI is InChI=1S/C23H21FN2O2/c1-26-14-17-12-15(18-4-2-3-5-21(18)24)6-8-19(17)22(26)9-7-16-13-25-11-10-20(16)23(27)28/h2-6,8,10-13,22H,7,9,14H2,1H3,(H,27,28)/t22-/m0/s1. The number of rotatable bonds is 5. The van der Waals surface area contributed by atoms with E-state index in [-0.39, 0.29) is 11.9 Å². The Labute approximate surface area is 163 Å². The lowest BCUT2D eigenvalue weighted by molar-refractivity contribution is 0.0695. The van der Waals surface area contributed by atoms with Crippen LogP contribution in [0.2, 0.25) is 0 Å². The number of aryl methyl sites for hydroxylation is 1. The summed E-state index contributed by atoms with van der Waals surface area (Å²) in [6, 6.07) is 14.7. The molecule has 4 nitrogen and oxygen atoms in total. The molecule has 0 amide bonds. The minimum absolute atomic E-state index is 0.200. The van der Waals surface area contributed by atoms with E-state index in [1.54, 1.807) is 24.4 Å². The first kappa shape index (κ1) is 18.3. The quantitative estimate of drug-likeness (QED) is 0.701. The summed E-state index contributed by atoms with van der Waals surface area (Å²) >= 11 is 0. The minimum Gasteiger partial charge on any atom is -0.478 e. The molecule has 0 bridgehead atoms. The zero-order valence-corrected chi connectivity index (χ0v) is 15.6. The molecule has 0 saturated heterocycles. The molecular formula is C23H21FN2O2. The van der Waals surface area contributed by atoms with Gasteiger partial charge in [-0.15, -0.1) is 0 Å². The molecule has 4 rings (SSSR count). The number of carboxylic acid groups (broad SMARTS) is 1. The van der Waals surface area contributed by atoms with Crippen molar-refractivity contribution >= 4 is 5.97 Å². The van der Waals surface area contributed by atoms with Crippen molar-refractivity contribution in [3.8, 4) is 11.1 Å². The second-order valence-corrected chi connectivity index (χ2v) is 7.20. The van der Waals surface area contributed by atoms with Gasteiger partial charge in [0.2, 0.25) is 0 Å². The summed E-state index contributed by atoms with van der Waals surface area (Å²) in [6.45, 7) is 0.793. The van der Waals surface area contributed by atoms with Crippen molar-refractivity contribution in [3.63, 3.8) is 0 Å². The molecule has 0 radical (unpaired) electrons. The third-order valence-corrected chi connectivity index (χ3v) is 5.46. The van der Waals surface area contributed by atoms with Crippen LogP contribution in [0.3, 0.4) is 0 Å². The van der Waals surface area contributed by atoms with Gasteiger partial charge in [0, 0.05) is 30.5 Å². The molecule has 28 heavy (non-hydrogen) atoms. The highest BCUT2D eigenvalue weighted by Crippen LogP contribution is 2.38. The number of halogens is 1. The van der Waals surface area contributed by atoms with Gasteiger partial charge in [-0.05, 0) is 60.3 Å². The maximum Gasteiger partial charge on any atom is 0.336 e. The highest BCUT2D eigenvalue weighted by Gasteiger charge is 2.28. The molecule has 1 aliphatic heterocycles. The zero-order valence-electron chi connectivity index (χ0n) is 15.6. The van der Waals surface area contributed by atoms with E-state index in [1.807, 2.05) is 12.1 Å². The first-order valence-electron chi connectivity index (χ1n) is 9.28. The molecule has 142 valence electrons. The molecule has 2 aromatic carbocycles. The molecule has 3 aromatic rings. The minimum atomic E-state index is -0.924. The Hall–Kier alpha value is -3.05. The normalized spacial score (nSPS) is 16.1. The molecule has 0 aliphatic carbocycles. The number of aromatic carboxylic acids is 1. The second kappa shape index (κ2) is 7.52. The maximum atomic E-state index is 14.1. The number of pyridine rings is 1. The van der Waals surface area contributed by atoms with Gasteiger partial charge in [-0.2, -0.15) is 0 Å². The number of fused-ring (bicyclic) bond motifs is 1. The highest BCUT2D eigenvalue weighted by atomic mass is 19.1. The topological polar surface area (TPSA) is 53.4 Å². The fourth-order valence-electron chi connectivity index (χ4n) is 4.05. The molecule has 0 spiro atoms. The van der Waals surface area contributed by atoms with Gasteiger partial charge >= 0.3 is 5.97 Å². The van der Waals surface area contributed by atoms with E-state index >= 15 is 0 Å². The lowest BCUT2D eigenvalue weighted by Gasteiger charge is -2.20. The van der Waals surface area contributed by atoms with Crippen LogP contribution in [0.4, 0.5) is 4.39 Å². The Morgan fingerprint density at radius 1 is 1.25 bits per heavy atom. The van der Waals surface area contributed by atoms with E-state index in [0.717, 1.165) is 24.1 Å². The van der Waals surface area contributed by atoms with Gasteiger partial charge in [0.1, 0.15) is 5.82 Å². The molecule has 0 unspecified atom stereocenters. The van der Waals surface area contributed by atoms with Gasteiger partial charge in [0.15, 0.2) is 0 Å². The van der Waals surface area contributed by atoms with Crippen molar-refractivity contribution in [2.24, 2.45) is 0 Å². The van der Waals surface area contributed by atoms with Crippen LogP contribution in [0.25, 0.3) is 11.1 Å². The predicted octanol–water partition coefficient (Wildman–Crippen LogP) is 4.71. The van der Waals surface area contributed by atoms with E-state index in [1.165, 1.54) is 23.4 Å². The summed E-state index contributed by atoms with van der Waals surface area (Å²) in [6.07, 6.45) is 4.59. The van der Waals surface area contributed by atoms with Gasteiger partial charge in [-0.1, -0.05) is 30.3 Å². The van der Waals surface area contributed by atoms with Crippen molar-refractivity contribution in [2.75, 3.05) is 7.05 Å². The van der Waals surface area contributed by atoms with Crippen molar-refractivity contribution in [1.82, 2.24) is 9.88 Å². The number of hydrogen-bond donors (Lipinski definition) is 1. The highest BCUT2D eigenvalue weighted by molar-refractivity contribution is 5.89. The molecule has 1 N–H and O–H groups in total. The number of carboxylic acids is 1. The summed E-state index contributed by atoms with van der Waals surface area (Å²) in [5, 5.41) is 9.36. The number of nitrogens with zero attached hydrogens (tertiary/aromatic N) is 2. The largest absolute Gasteiger partial charge is 0.478 e. The summed E-state index contributed by atoms with van der Waals surface area (Å²) in [5.41, 5.74) is 4.97. The van der Waals surface area contributed by atoms with Crippen LogP contribution in [0.1, 0.15) is 39.5 Å². The molecule has 1 aromatic heterocycles. The number of hydrogen-bond acceptors (Lipinski definition) is 3. The molecule has 0 saturated carbocycles. The van der Waals surface area contributed by atoms with E-state index in [2.05, 4.69) is 29.1 Å². The summed E-state index contributed by atoms with van der Waals surface area (Å²) in [5.74, 6) is -1.14. The van der Waals surface area contributed by atoms with E-state index < -0.39 is 5.97 Å². The second-order valence-electron chi connectivity index (χ2n) is 7.20. The smallest absolute Gasteiger partial charge is 0.336 e. The lowest BCUT2D eigenvalue weighted by Crippen LogP contribution is -2.17. The van der Waals surface area contributed by atoms with Crippen LogP contribution < -0.4 is 0 Å². The Bertz CT molecular complexity index is 1030. The molecule has 0 fully saturated rings. The number of aromatic nitrogens is 1. The van der Waals surface area contributed by atoms with Crippen molar-refractivity contribution in [2.45, 2.75) is 25.4 Å². The van der Waals surface area contributed by atoms with Crippen LogP contribution in [-0.2, 0) is 13.0 Å². The molecule has 2 heterocycles. The maximum absolute atomic E-state index is 14.1. The average Bonchev–Trinajstić information content (AvgIpc) is 3.01. The van der Waals surface area contributed by atoms with E-state index in [4.69, 9.17) is 0 Å². The van der Waals surface area contributed by atoms with Crippen LogP contribution in [0.5, 0.6) is 0 Å². The Morgan fingerprint density at radius 2 is 2.07 bits per heavy atom. The molecule has 1 atom stereocenters. The molecular weight excluding hydrogens is 355 g/mol. The Morgan fingerprint density at radius 3 is 2.86 bits per heavy atom. The van der Waals surface area contributed by atoms with Crippen LogP contribution >= 0.6 is 0 Å². The van der Waals surface area contributed by atoms with Gasteiger partial charge < -0.3 is 5.11 Å². The fourth-order valence-corrected chi connectivity index (χ4v) is 4.05. The Kier molecular flexibility index (Phi) is 4.92. The Balaban J connectivity index is 1.58. The number of carbonyl (C=O) groups is 1. The van der Waals surface area contributed by atoms with Crippen molar-refractivity contribution < 1.29 is 14.3 Å². The number of benzene rings is 2. The molecule has 5 heteroatoms. The van der Waals surface area contributed by atoms with Gasteiger partial charge in [-0.25, -0.2) is 9.18 Å². The van der Waals surface area contributed by atoms with Gasteiger partial charge in [-0.3, -0.25) is 9.88 Å². The SMILES string of the molecule is CN1Cc2cc(-c3ccccc3F)ccc2[C@@H]1CCc1cnccc1C(=O)O. The van der Waals surface area contributed by atoms with Crippen molar-refractivity contribution in [1.29, 1.82) is 0 Å². The third kappa shape index (κ3) is 3.41. The predicted molar refractivity (Wildman–Crippen MR) is 106 cm³/mol. The van der Waals surface area contributed by atoms with Crippen LogP contribution in [0, 0.1) is 5.82 Å². The summed E-state index contributed by atoms with van der Waals surface area (Å²) in [7, 11) is 2.06. The summed E-state index contributed by atoms with van der Waals surface area (Å²) < 4.78 is 14.1. The van der Waals surface area contributed by atoms with E-state index in [9.17, 15) is 14.3 Å². The van der Waals surface area contributed by atoms with E-state index in [0.29, 0.717) is 17.5 Å². The third-order valence-electron chi connectivity index (χ3n) is 5.46. The first-order valence-corrected chi connectivity index (χ1v) is 9.28. The summed E-state index contributed by atoms with van der Waals surface area (Å²) in [4.78, 5) is 17.7. The lowest BCUT2D eigenvalue weighted by atomic mass is 9.94. The van der Waals surface area contributed by atoms with Gasteiger partial charge in [0.05, 0.1) is 5.56 Å². The van der Waals surface area contributed by atoms with Crippen LogP contribution in [-0.4, -0.2) is 28.0 Å². The van der Waals surface area contributed by atoms with Gasteiger partial charge in [0.25, 0.3) is 0 Å².